The summed E-state index contributed by atoms with van der Waals surface area (Å²) in [7, 11) is 0. The molecule has 0 unspecified atom stereocenters. The van der Waals surface area contributed by atoms with Gasteiger partial charge < -0.3 is 5.32 Å². The van der Waals surface area contributed by atoms with E-state index in [1.54, 1.807) is 36.4 Å². The molecule has 0 radical (unpaired) electrons. The summed E-state index contributed by atoms with van der Waals surface area (Å²) in [5.41, 5.74) is 1.91. The highest BCUT2D eigenvalue weighted by molar-refractivity contribution is 7.99. The molecule has 0 aliphatic carbocycles. The van der Waals surface area contributed by atoms with E-state index in [4.69, 9.17) is 10.5 Å². The van der Waals surface area contributed by atoms with Crippen molar-refractivity contribution in [2.24, 2.45) is 0 Å². The molecule has 1 N–H and O–H groups in total. The molecule has 34 heavy (non-hydrogen) atoms. The first-order valence-corrected chi connectivity index (χ1v) is 11.6. The van der Waals surface area contributed by atoms with E-state index in [1.165, 1.54) is 48.1 Å². The third-order valence-corrected chi connectivity index (χ3v) is 5.96. The van der Waals surface area contributed by atoms with Crippen LogP contribution in [0.3, 0.4) is 0 Å². The van der Waals surface area contributed by atoms with Crippen LogP contribution in [0.25, 0.3) is 0 Å². The van der Waals surface area contributed by atoms with Gasteiger partial charge >= 0.3 is 0 Å². The van der Waals surface area contributed by atoms with Crippen LogP contribution in [0.5, 0.6) is 0 Å². The van der Waals surface area contributed by atoms with Crippen LogP contribution in [0.15, 0.2) is 81.3 Å². The lowest BCUT2D eigenvalue weighted by Gasteiger charge is -2.09. The largest absolute Gasteiger partial charge is 0.354 e. The quantitative estimate of drug-likeness (QED) is 0.380. The summed E-state index contributed by atoms with van der Waals surface area (Å²) in [5, 5.41) is 23.2. The lowest BCUT2D eigenvalue weighted by Crippen LogP contribution is -2.10. The van der Waals surface area contributed by atoms with Crippen molar-refractivity contribution in [1.29, 1.82) is 10.5 Å². The highest BCUT2D eigenvalue weighted by Crippen LogP contribution is 2.28. The molecule has 0 aliphatic rings. The minimum absolute atomic E-state index is 0.273. The summed E-state index contributed by atoms with van der Waals surface area (Å²) in [4.78, 5) is 22.0. The Morgan fingerprint density at radius 2 is 1.32 bits per heavy atom. The van der Waals surface area contributed by atoms with Crippen LogP contribution < -0.4 is 5.32 Å². The molecular weight excluding hydrogens is 471 g/mol. The Bertz CT molecular complexity index is 1270. The molecule has 3 aromatic heterocycles. The summed E-state index contributed by atoms with van der Waals surface area (Å²) >= 11 is 2.48. The van der Waals surface area contributed by atoms with Crippen LogP contribution in [-0.4, -0.2) is 31.5 Å². The van der Waals surface area contributed by atoms with Gasteiger partial charge in [0.1, 0.15) is 28.0 Å². The number of hydrogen-bond acceptors (Lipinski definition) is 10. The Hall–Kier alpha value is -4.06. The van der Waals surface area contributed by atoms with Gasteiger partial charge in [-0.2, -0.15) is 25.5 Å². The lowest BCUT2D eigenvalue weighted by molar-refractivity contribution is 0.627. The highest BCUT2D eigenvalue weighted by atomic mass is 32.2. The smallest absolute Gasteiger partial charge is 0.227 e. The van der Waals surface area contributed by atoms with Crippen molar-refractivity contribution < 1.29 is 4.39 Å². The summed E-state index contributed by atoms with van der Waals surface area (Å²) < 4.78 is 13.1. The third-order valence-electron chi connectivity index (χ3n) is 4.33. The molecule has 0 spiro atoms. The standard InChI is InChI=1S/C23H15FN8S2/c24-18-5-1-15(2-6-18)9-10-27-21-30-22(33-19-7-3-16(11-25)13-28-19)32-23(31-21)34-20-8-4-17(12-26)14-29-20/h1-8,13-14H,9-10H2,(H,27,30,31,32). The number of nitrogens with one attached hydrogen (secondary N) is 1. The molecule has 0 saturated carbocycles. The van der Waals surface area contributed by atoms with Gasteiger partial charge in [0, 0.05) is 18.9 Å². The van der Waals surface area contributed by atoms with E-state index < -0.39 is 0 Å². The molecule has 0 aliphatic heterocycles. The number of pyridine rings is 2. The van der Waals surface area contributed by atoms with E-state index in [0.717, 1.165) is 5.56 Å². The monoisotopic (exact) mass is 486 g/mol. The van der Waals surface area contributed by atoms with Crippen LogP contribution in [0.1, 0.15) is 16.7 Å². The molecule has 4 aromatic rings. The fraction of sp³-hybridized carbons (Fsp3) is 0.0870. The summed E-state index contributed by atoms with van der Waals surface area (Å²) in [5.74, 6) is 0.106. The fourth-order valence-corrected chi connectivity index (χ4v) is 4.12. The maximum atomic E-state index is 13.1. The van der Waals surface area contributed by atoms with E-state index >= 15 is 0 Å². The van der Waals surface area contributed by atoms with E-state index in [9.17, 15) is 4.39 Å². The lowest BCUT2D eigenvalue weighted by atomic mass is 10.1. The Balaban J connectivity index is 1.53. The number of rotatable bonds is 8. The number of halogens is 1. The second-order valence-electron chi connectivity index (χ2n) is 6.73. The molecule has 0 atom stereocenters. The van der Waals surface area contributed by atoms with Crippen LogP contribution >= 0.6 is 23.5 Å². The van der Waals surface area contributed by atoms with Crippen molar-refractivity contribution in [3.8, 4) is 12.1 Å². The Morgan fingerprint density at radius 1 is 0.765 bits per heavy atom. The number of aromatic nitrogens is 5. The molecule has 0 fully saturated rings. The molecule has 0 amide bonds. The number of anilines is 1. The van der Waals surface area contributed by atoms with Gasteiger partial charge in [-0.15, -0.1) is 0 Å². The normalized spacial score (nSPS) is 10.3. The van der Waals surface area contributed by atoms with E-state index in [0.29, 0.717) is 50.4 Å². The first kappa shape index (κ1) is 23.1. The van der Waals surface area contributed by atoms with Gasteiger partial charge in [-0.25, -0.2) is 14.4 Å². The van der Waals surface area contributed by atoms with E-state index in [-0.39, 0.29) is 5.82 Å². The van der Waals surface area contributed by atoms with Crippen LogP contribution in [0.2, 0.25) is 0 Å². The van der Waals surface area contributed by atoms with Crippen molar-refractivity contribution in [3.63, 3.8) is 0 Å². The molecule has 0 saturated heterocycles. The van der Waals surface area contributed by atoms with Crippen molar-refractivity contribution in [1.82, 2.24) is 24.9 Å². The van der Waals surface area contributed by atoms with Crippen molar-refractivity contribution in [2.45, 2.75) is 26.8 Å². The molecule has 1 aromatic carbocycles. The molecule has 3 heterocycles. The third kappa shape index (κ3) is 6.48. The minimum Gasteiger partial charge on any atom is -0.354 e. The average molecular weight is 487 g/mol. The molecule has 4 rings (SSSR count). The molecule has 11 heteroatoms. The van der Waals surface area contributed by atoms with Crippen molar-refractivity contribution in [3.05, 3.63) is 83.4 Å². The van der Waals surface area contributed by atoms with Gasteiger partial charge in [0.15, 0.2) is 10.3 Å². The van der Waals surface area contributed by atoms with Crippen molar-refractivity contribution in [2.75, 3.05) is 11.9 Å². The Morgan fingerprint density at radius 3 is 1.79 bits per heavy atom. The first-order valence-electron chi connectivity index (χ1n) is 9.94. The van der Waals surface area contributed by atoms with E-state index in [2.05, 4.69) is 30.2 Å². The number of hydrogen-bond donors (Lipinski definition) is 1. The van der Waals surface area contributed by atoms with Gasteiger partial charge in [-0.1, -0.05) is 12.1 Å². The number of nitriles is 2. The van der Waals surface area contributed by atoms with Gasteiger partial charge in [-0.3, -0.25) is 0 Å². The van der Waals surface area contributed by atoms with Crippen molar-refractivity contribution >= 4 is 29.5 Å². The zero-order valence-corrected chi connectivity index (χ0v) is 19.1. The number of nitrogens with zero attached hydrogens (tertiary/aromatic N) is 7. The summed E-state index contributed by atoms with van der Waals surface area (Å²) in [6, 6.07) is 17.2. The van der Waals surface area contributed by atoms with Crippen LogP contribution in [0.4, 0.5) is 10.3 Å². The molecule has 0 bridgehead atoms. The highest BCUT2D eigenvalue weighted by Gasteiger charge is 2.11. The Labute approximate surface area is 203 Å². The van der Waals surface area contributed by atoms with E-state index in [1.807, 2.05) is 12.1 Å². The van der Waals surface area contributed by atoms with Gasteiger partial charge in [0.05, 0.1) is 11.1 Å². The minimum atomic E-state index is -0.273. The zero-order chi connectivity index (χ0) is 23.8. The molecular formula is C23H15FN8S2. The summed E-state index contributed by atoms with van der Waals surface area (Å²) in [6.07, 6.45) is 3.63. The molecule has 166 valence electrons. The van der Waals surface area contributed by atoms with Gasteiger partial charge in [0.2, 0.25) is 5.95 Å². The first-order chi connectivity index (χ1) is 16.6. The molecule has 8 nitrogen and oxygen atoms in total. The second-order valence-corrected chi connectivity index (χ2v) is 8.70. The SMILES string of the molecule is N#Cc1ccc(Sc2nc(NCCc3ccc(F)cc3)nc(Sc3ccc(C#N)cn3)n2)nc1. The van der Waals surface area contributed by atoms with Crippen LogP contribution in [-0.2, 0) is 6.42 Å². The maximum absolute atomic E-state index is 13.1. The predicted molar refractivity (Wildman–Crippen MR) is 125 cm³/mol. The van der Waals surface area contributed by atoms with Gasteiger partial charge in [-0.05, 0) is 71.9 Å². The Kier molecular flexibility index (Phi) is 7.60. The number of benzene rings is 1. The van der Waals surface area contributed by atoms with Gasteiger partial charge in [0.25, 0.3) is 0 Å². The topological polar surface area (TPSA) is 124 Å². The van der Waals surface area contributed by atoms with Crippen LogP contribution in [0, 0.1) is 28.5 Å². The second kappa shape index (κ2) is 11.2. The average Bonchev–Trinajstić information content (AvgIpc) is 2.86. The predicted octanol–water partition coefficient (Wildman–Crippen LogP) is 4.50. The maximum Gasteiger partial charge on any atom is 0.227 e. The fourth-order valence-electron chi connectivity index (χ4n) is 2.68. The summed E-state index contributed by atoms with van der Waals surface area (Å²) in [6.45, 7) is 0.536. The zero-order valence-electron chi connectivity index (χ0n) is 17.5.